The van der Waals surface area contributed by atoms with Gasteiger partial charge in [-0.15, -0.1) is 0 Å². The predicted molar refractivity (Wildman–Crippen MR) is 138 cm³/mol. The first-order valence-electron chi connectivity index (χ1n) is 12.0. The Morgan fingerprint density at radius 2 is 1.71 bits per heavy atom. The van der Waals surface area contributed by atoms with Crippen LogP contribution in [0.25, 0.3) is 0 Å². The van der Waals surface area contributed by atoms with Crippen molar-refractivity contribution in [3.8, 4) is 5.75 Å². The molecule has 0 radical (unpaired) electrons. The quantitative estimate of drug-likeness (QED) is 0.454. The number of ether oxygens (including phenoxy) is 1. The summed E-state index contributed by atoms with van der Waals surface area (Å²) < 4.78 is 33.5. The molecule has 0 unspecified atom stereocenters. The SMILES string of the molecule is CC[C@@H](NC(=O)CN(c1cccc(OC)c1)S(=O)(=O)c1ccccc1)c1ccc2c(c1)CCCC2. The summed E-state index contributed by atoms with van der Waals surface area (Å²) in [5.41, 5.74) is 4.16. The second kappa shape index (κ2) is 11.0. The number of hydrogen-bond donors (Lipinski definition) is 1. The lowest BCUT2D eigenvalue weighted by Gasteiger charge is -2.26. The molecule has 1 aliphatic carbocycles. The van der Waals surface area contributed by atoms with Gasteiger partial charge in [0, 0.05) is 6.07 Å². The van der Waals surface area contributed by atoms with Gasteiger partial charge in [0.05, 0.1) is 23.7 Å². The van der Waals surface area contributed by atoms with E-state index in [4.69, 9.17) is 4.74 Å². The van der Waals surface area contributed by atoms with Gasteiger partial charge in [-0.25, -0.2) is 8.42 Å². The number of nitrogens with zero attached hydrogens (tertiary/aromatic N) is 1. The predicted octanol–water partition coefficient (Wildman–Crippen LogP) is 5.04. The van der Waals surface area contributed by atoms with Crippen molar-refractivity contribution in [3.63, 3.8) is 0 Å². The van der Waals surface area contributed by atoms with Crippen LogP contribution in [0.5, 0.6) is 5.75 Å². The van der Waals surface area contributed by atoms with E-state index >= 15 is 0 Å². The lowest BCUT2D eigenvalue weighted by atomic mass is 9.89. The molecule has 3 aromatic carbocycles. The maximum absolute atomic E-state index is 13.6. The van der Waals surface area contributed by atoms with Gasteiger partial charge in [-0.2, -0.15) is 0 Å². The Labute approximate surface area is 208 Å². The molecule has 1 aliphatic rings. The summed E-state index contributed by atoms with van der Waals surface area (Å²) in [4.78, 5) is 13.4. The van der Waals surface area contributed by atoms with Crippen molar-refractivity contribution in [1.29, 1.82) is 0 Å². The Morgan fingerprint density at radius 1 is 0.971 bits per heavy atom. The van der Waals surface area contributed by atoms with Crippen molar-refractivity contribution in [1.82, 2.24) is 5.32 Å². The number of rotatable bonds is 9. The summed E-state index contributed by atoms with van der Waals surface area (Å²) >= 11 is 0. The van der Waals surface area contributed by atoms with Crippen molar-refractivity contribution in [2.24, 2.45) is 0 Å². The van der Waals surface area contributed by atoms with Crippen LogP contribution in [0.1, 0.15) is 48.9 Å². The van der Waals surface area contributed by atoms with Crippen LogP contribution >= 0.6 is 0 Å². The van der Waals surface area contributed by atoms with Gasteiger partial charge in [-0.1, -0.05) is 49.4 Å². The van der Waals surface area contributed by atoms with E-state index in [-0.39, 0.29) is 23.4 Å². The van der Waals surface area contributed by atoms with E-state index in [0.29, 0.717) is 17.9 Å². The number of carbonyl (C=O) groups is 1. The van der Waals surface area contributed by atoms with Crippen LogP contribution in [-0.4, -0.2) is 28.0 Å². The third kappa shape index (κ3) is 5.68. The van der Waals surface area contributed by atoms with Gasteiger partial charge in [-0.05, 0) is 73.1 Å². The average Bonchev–Trinajstić information content (AvgIpc) is 2.90. The molecule has 3 aromatic rings. The van der Waals surface area contributed by atoms with Crippen LogP contribution in [0.15, 0.2) is 77.7 Å². The van der Waals surface area contributed by atoms with E-state index in [0.717, 1.165) is 22.7 Å². The number of nitrogens with one attached hydrogen (secondary N) is 1. The molecular weight excluding hydrogens is 460 g/mol. The Morgan fingerprint density at radius 3 is 2.43 bits per heavy atom. The summed E-state index contributed by atoms with van der Waals surface area (Å²) in [6, 6.07) is 21.1. The van der Waals surface area contributed by atoms with E-state index < -0.39 is 10.0 Å². The summed E-state index contributed by atoms with van der Waals surface area (Å²) in [6.45, 7) is 1.68. The number of hydrogen-bond acceptors (Lipinski definition) is 4. The molecule has 1 amide bonds. The van der Waals surface area contributed by atoms with E-state index in [1.165, 1.54) is 43.2 Å². The number of anilines is 1. The maximum Gasteiger partial charge on any atom is 0.264 e. The summed E-state index contributed by atoms with van der Waals surface area (Å²) in [6.07, 6.45) is 5.27. The number of carbonyl (C=O) groups excluding carboxylic acids is 1. The van der Waals surface area contributed by atoms with Crippen LogP contribution in [0.3, 0.4) is 0 Å². The largest absolute Gasteiger partial charge is 0.497 e. The van der Waals surface area contributed by atoms with E-state index in [1.807, 2.05) is 6.92 Å². The lowest BCUT2D eigenvalue weighted by molar-refractivity contribution is -0.120. The number of sulfonamides is 1. The first-order chi connectivity index (χ1) is 16.9. The molecule has 0 saturated carbocycles. The van der Waals surface area contributed by atoms with Gasteiger partial charge in [0.1, 0.15) is 12.3 Å². The van der Waals surface area contributed by atoms with Crippen molar-refractivity contribution in [3.05, 3.63) is 89.5 Å². The molecule has 0 saturated heterocycles. The van der Waals surface area contributed by atoms with Crippen LogP contribution in [0, 0.1) is 0 Å². The molecule has 35 heavy (non-hydrogen) atoms. The minimum absolute atomic E-state index is 0.123. The number of fused-ring (bicyclic) bond motifs is 1. The standard InChI is InChI=1S/C28H32N2O4S/c1-3-27(23-17-16-21-10-7-8-11-22(21)18-23)29-28(31)20-30(24-12-9-13-25(19-24)34-2)35(32,33)26-14-5-4-6-15-26/h4-6,9,12-19,27H,3,7-8,10-11,20H2,1-2H3,(H,29,31)/t27-/m1/s1. The molecule has 184 valence electrons. The first-order valence-corrected chi connectivity index (χ1v) is 13.5. The Balaban J connectivity index is 1.60. The van der Waals surface area contributed by atoms with Crippen molar-refractivity contribution < 1.29 is 17.9 Å². The minimum atomic E-state index is -3.98. The molecule has 0 aromatic heterocycles. The van der Waals surface area contributed by atoms with Gasteiger partial charge in [0.25, 0.3) is 10.0 Å². The highest BCUT2D eigenvalue weighted by Crippen LogP contribution is 2.28. The molecule has 0 fully saturated rings. The Hall–Kier alpha value is -3.32. The van der Waals surface area contributed by atoms with Gasteiger partial charge < -0.3 is 10.1 Å². The van der Waals surface area contributed by atoms with Crippen LogP contribution in [0.2, 0.25) is 0 Å². The monoisotopic (exact) mass is 492 g/mol. The molecule has 4 rings (SSSR count). The molecule has 0 spiro atoms. The fourth-order valence-corrected chi connectivity index (χ4v) is 6.00. The molecular formula is C28H32N2O4S. The average molecular weight is 493 g/mol. The van der Waals surface area contributed by atoms with Crippen LogP contribution in [-0.2, 0) is 27.7 Å². The van der Waals surface area contributed by atoms with E-state index in [9.17, 15) is 13.2 Å². The molecule has 0 heterocycles. The minimum Gasteiger partial charge on any atom is -0.497 e. The zero-order valence-electron chi connectivity index (χ0n) is 20.2. The highest BCUT2D eigenvalue weighted by molar-refractivity contribution is 7.92. The molecule has 7 heteroatoms. The van der Waals surface area contributed by atoms with E-state index in [1.54, 1.807) is 42.5 Å². The molecule has 1 atom stereocenters. The van der Waals surface area contributed by atoms with Gasteiger partial charge in [-0.3, -0.25) is 9.10 Å². The number of benzene rings is 3. The molecule has 6 nitrogen and oxygen atoms in total. The third-order valence-electron chi connectivity index (χ3n) is 6.48. The zero-order valence-corrected chi connectivity index (χ0v) is 21.1. The van der Waals surface area contributed by atoms with Crippen LogP contribution in [0.4, 0.5) is 5.69 Å². The molecule has 0 aliphatic heterocycles. The summed E-state index contributed by atoms with van der Waals surface area (Å²) in [7, 11) is -2.46. The normalized spacial score (nSPS) is 14.0. The fraction of sp³-hybridized carbons (Fsp3) is 0.321. The van der Waals surface area contributed by atoms with Gasteiger partial charge in [0.2, 0.25) is 5.91 Å². The fourth-order valence-electron chi connectivity index (χ4n) is 4.56. The molecule has 1 N–H and O–H groups in total. The lowest BCUT2D eigenvalue weighted by Crippen LogP contribution is -2.42. The number of methoxy groups -OCH3 is 1. The first kappa shape index (κ1) is 24.8. The second-order valence-corrected chi connectivity index (χ2v) is 10.7. The summed E-state index contributed by atoms with van der Waals surface area (Å²) in [5, 5.41) is 3.07. The Bertz CT molecular complexity index is 1280. The van der Waals surface area contributed by atoms with E-state index in [2.05, 4.69) is 23.5 Å². The third-order valence-corrected chi connectivity index (χ3v) is 8.27. The topological polar surface area (TPSA) is 75.7 Å². The summed E-state index contributed by atoms with van der Waals surface area (Å²) in [5.74, 6) is 0.147. The second-order valence-electron chi connectivity index (χ2n) is 8.79. The van der Waals surface area contributed by atoms with Gasteiger partial charge in [0.15, 0.2) is 0 Å². The van der Waals surface area contributed by atoms with Crippen molar-refractivity contribution >= 4 is 21.6 Å². The number of aryl methyl sites for hydroxylation is 2. The van der Waals surface area contributed by atoms with Crippen LogP contribution < -0.4 is 14.4 Å². The van der Waals surface area contributed by atoms with Crippen molar-refractivity contribution in [2.45, 2.75) is 50.0 Å². The highest BCUT2D eigenvalue weighted by Gasteiger charge is 2.28. The highest BCUT2D eigenvalue weighted by atomic mass is 32.2. The molecule has 0 bridgehead atoms. The van der Waals surface area contributed by atoms with Crippen molar-refractivity contribution in [2.75, 3.05) is 18.0 Å². The number of amides is 1. The van der Waals surface area contributed by atoms with Gasteiger partial charge >= 0.3 is 0 Å². The zero-order chi connectivity index (χ0) is 24.8. The smallest absolute Gasteiger partial charge is 0.264 e. The maximum atomic E-state index is 13.6. The Kier molecular flexibility index (Phi) is 7.76.